The van der Waals surface area contributed by atoms with Crippen molar-refractivity contribution in [1.29, 1.82) is 0 Å². The summed E-state index contributed by atoms with van der Waals surface area (Å²) in [6, 6.07) is 14.7. The highest BCUT2D eigenvalue weighted by Crippen LogP contribution is 2.29. The third-order valence-corrected chi connectivity index (χ3v) is 5.82. The molecule has 0 bridgehead atoms. The predicted octanol–water partition coefficient (Wildman–Crippen LogP) is 4.37. The second kappa shape index (κ2) is 8.78. The van der Waals surface area contributed by atoms with Crippen LogP contribution in [0.15, 0.2) is 60.9 Å². The lowest BCUT2D eigenvalue weighted by atomic mass is 10.1. The Morgan fingerprint density at radius 3 is 2.44 bits per heavy atom. The number of hydrogen-bond donors (Lipinski definition) is 2. The van der Waals surface area contributed by atoms with E-state index in [9.17, 15) is 4.79 Å². The maximum atomic E-state index is 12.9. The van der Waals surface area contributed by atoms with Crippen LogP contribution in [0.2, 0.25) is 10.0 Å². The van der Waals surface area contributed by atoms with Crippen LogP contribution in [0.25, 0.3) is 16.8 Å². The molecule has 1 aliphatic rings. The van der Waals surface area contributed by atoms with E-state index in [0.29, 0.717) is 27.1 Å². The van der Waals surface area contributed by atoms with E-state index in [-0.39, 0.29) is 5.91 Å². The van der Waals surface area contributed by atoms with Gasteiger partial charge < -0.3 is 15.5 Å². The smallest absolute Gasteiger partial charge is 0.274 e. The number of fused-ring (bicyclic) bond motifs is 1. The Hall–Kier alpha value is -3.13. The van der Waals surface area contributed by atoms with Crippen molar-refractivity contribution < 1.29 is 4.79 Å². The predicted molar refractivity (Wildman–Crippen MR) is 128 cm³/mol. The number of hydrogen-bond acceptors (Lipinski definition) is 5. The highest BCUT2D eigenvalue weighted by atomic mass is 35.5. The Balaban J connectivity index is 1.38. The summed E-state index contributed by atoms with van der Waals surface area (Å²) in [4.78, 5) is 19.7. The van der Waals surface area contributed by atoms with Gasteiger partial charge in [0.2, 0.25) is 0 Å². The second-order valence-corrected chi connectivity index (χ2v) is 8.41. The molecular formula is C23H20Cl2N6O. The molecule has 7 nitrogen and oxygen atoms in total. The zero-order valence-electron chi connectivity index (χ0n) is 17.1. The number of benzene rings is 2. The molecule has 3 heterocycles. The van der Waals surface area contributed by atoms with Gasteiger partial charge in [0.25, 0.3) is 5.91 Å². The van der Waals surface area contributed by atoms with Crippen molar-refractivity contribution in [2.24, 2.45) is 0 Å². The third-order valence-electron chi connectivity index (χ3n) is 5.38. The summed E-state index contributed by atoms with van der Waals surface area (Å²) in [5.41, 5.74) is 4.22. The second-order valence-electron chi connectivity index (χ2n) is 7.54. The van der Waals surface area contributed by atoms with E-state index in [1.807, 2.05) is 24.3 Å². The first kappa shape index (κ1) is 20.8. The molecule has 1 amide bonds. The van der Waals surface area contributed by atoms with Crippen LogP contribution >= 0.6 is 23.2 Å². The van der Waals surface area contributed by atoms with Gasteiger partial charge in [-0.2, -0.15) is 5.10 Å². The number of anilines is 2. The van der Waals surface area contributed by atoms with E-state index in [1.165, 1.54) is 0 Å². The van der Waals surface area contributed by atoms with Crippen LogP contribution < -0.4 is 15.5 Å². The van der Waals surface area contributed by atoms with Gasteiger partial charge in [-0.25, -0.2) is 9.50 Å². The summed E-state index contributed by atoms with van der Waals surface area (Å²) in [6.07, 6.45) is 3.39. The van der Waals surface area contributed by atoms with E-state index < -0.39 is 0 Å². The summed E-state index contributed by atoms with van der Waals surface area (Å²) >= 11 is 12.3. The largest absolute Gasteiger partial charge is 0.369 e. The Morgan fingerprint density at radius 2 is 1.72 bits per heavy atom. The van der Waals surface area contributed by atoms with E-state index in [2.05, 4.69) is 25.6 Å². The summed E-state index contributed by atoms with van der Waals surface area (Å²) in [5, 5.41) is 11.6. The van der Waals surface area contributed by atoms with Gasteiger partial charge in [-0.3, -0.25) is 4.79 Å². The molecule has 0 aliphatic carbocycles. The first-order valence-electron chi connectivity index (χ1n) is 10.2. The molecule has 5 rings (SSSR count). The topological polar surface area (TPSA) is 74.6 Å². The zero-order chi connectivity index (χ0) is 22.1. The molecular weight excluding hydrogens is 447 g/mol. The molecule has 32 heavy (non-hydrogen) atoms. The van der Waals surface area contributed by atoms with Gasteiger partial charge >= 0.3 is 0 Å². The van der Waals surface area contributed by atoms with Crippen LogP contribution in [0, 0.1) is 0 Å². The van der Waals surface area contributed by atoms with E-state index >= 15 is 0 Å². The normalized spacial score (nSPS) is 14.0. The molecule has 0 spiro atoms. The van der Waals surface area contributed by atoms with Gasteiger partial charge in [0, 0.05) is 59.4 Å². The maximum Gasteiger partial charge on any atom is 0.274 e. The maximum absolute atomic E-state index is 12.9. The summed E-state index contributed by atoms with van der Waals surface area (Å²) in [6.45, 7) is 3.90. The summed E-state index contributed by atoms with van der Waals surface area (Å²) in [5.74, 6) is -0.293. The average molecular weight is 467 g/mol. The molecule has 1 fully saturated rings. The lowest BCUT2D eigenvalue weighted by Crippen LogP contribution is -2.43. The van der Waals surface area contributed by atoms with Crippen LogP contribution in [0.5, 0.6) is 0 Å². The number of nitrogens with zero attached hydrogens (tertiary/aromatic N) is 4. The molecule has 2 N–H and O–H groups in total. The van der Waals surface area contributed by atoms with Crippen molar-refractivity contribution in [1.82, 2.24) is 19.9 Å². The van der Waals surface area contributed by atoms with E-state index in [4.69, 9.17) is 23.2 Å². The Bertz CT molecular complexity index is 1260. The molecule has 1 aliphatic heterocycles. The molecule has 2 aromatic carbocycles. The molecule has 162 valence electrons. The van der Waals surface area contributed by atoms with Crippen LogP contribution in [0.1, 0.15) is 10.5 Å². The minimum Gasteiger partial charge on any atom is -0.369 e. The van der Waals surface area contributed by atoms with Gasteiger partial charge in [0.05, 0.1) is 6.20 Å². The number of aromatic nitrogens is 3. The molecule has 0 unspecified atom stereocenters. The highest BCUT2D eigenvalue weighted by molar-refractivity contribution is 6.35. The molecule has 0 saturated carbocycles. The molecule has 9 heteroatoms. The number of halogens is 2. The van der Waals surface area contributed by atoms with Gasteiger partial charge in [0.15, 0.2) is 5.65 Å². The number of carbonyl (C=O) groups excluding carboxylic acids is 1. The molecule has 2 aromatic heterocycles. The zero-order valence-corrected chi connectivity index (χ0v) is 18.6. The quantitative estimate of drug-likeness (QED) is 0.467. The molecule has 0 atom stereocenters. The van der Waals surface area contributed by atoms with Crippen molar-refractivity contribution in [3.05, 3.63) is 76.7 Å². The number of rotatable bonds is 4. The summed E-state index contributed by atoms with van der Waals surface area (Å²) < 4.78 is 1.61. The monoisotopic (exact) mass is 466 g/mol. The molecule has 4 aromatic rings. The van der Waals surface area contributed by atoms with Crippen LogP contribution in [0.3, 0.4) is 0 Å². The van der Waals surface area contributed by atoms with Crippen molar-refractivity contribution in [3.63, 3.8) is 0 Å². The van der Waals surface area contributed by atoms with Crippen molar-refractivity contribution >= 4 is 46.1 Å². The van der Waals surface area contributed by atoms with E-state index in [1.54, 1.807) is 41.2 Å². The fourth-order valence-electron chi connectivity index (χ4n) is 3.78. The highest BCUT2D eigenvalue weighted by Gasteiger charge is 2.15. The fourth-order valence-corrected chi connectivity index (χ4v) is 4.31. The lowest BCUT2D eigenvalue weighted by Gasteiger charge is -2.29. The van der Waals surface area contributed by atoms with Crippen LogP contribution in [-0.2, 0) is 0 Å². The standard InChI is InChI=1S/C23H20Cl2N6O/c24-16-11-15(12-17(25)13-16)20-14-27-31-8-5-21(29-22(20)31)23(32)28-18-1-3-19(4-2-18)30-9-6-26-7-10-30/h1-5,8,11-14,26H,6-7,9-10H2,(H,28,32). The fraction of sp³-hybridized carbons (Fsp3) is 0.174. The van der Waals surface area contributed by atoms with Crippen molar-refractivity contribution in [3.8, 4) is 11.1 Å². The van der Waals surface area contributed by atoms with Gasteiger partial charge in [-0.1, -0.05) is 23.2 Å². The van der Waals surface area contributed by atoms with Gasteiger partial charge in [0.1, 0.15) is 5.69 Å². The number of amides is 1. The number of nitrogens with one attached hydrogen (secondary N) is 2. The number of piperazine rings is 1. The Morgan fingerprint density at radius 1 is 1.00 bits per heavy atom. The average Bonchev–Trinajstić information content (AvgIpc) is 3.23. The molecule has 1 saturated heterocycles. The van der Waals surface area contributed by atoms with Crippen LogP contribution in [-0.4, -0.2) is 46.7 Å². The van der Waals surface area contributed by atoms with E-state index in [0.717, 1.165) is 43.0 Å². The van der Waals surface area contributed by atoms with Crippen molar-refractivity contribution in [2.75, 3.05) is 36.4 Å². The Kier molecular flexibility index (Phi) is 5.70. The van der Waals surface area contributed by atoms with Gasteiger partial charge in [-0.15, -0.1) is 0 Å². The van der Waals surface area contributed by atoms with Crippen LogP contribution in [0.4, 0.5) is 11.4 Å². The first-order chi connectivity index (χ1) is 15.6. The SMILES string of the molecule is O=C(Nc1ccc(N2CCNCC2)cc1)c1ccn2ncc(-c3cc(Cl)cc(Cl)c3)c2n1. The first-order valence-corrected chi connectivity index (χ1v) is 11.0. The summed E-state index contributed by atoms with van der Waals surface area (Å²) in [7, 11) is 0. The minimum atomic E-state index is -0.293. The lowest BCUT2D eigenvalue weighted by molar-refractivity contribution is 0.102. The van der Waals surface area contributed by atoms with Gasteiger partial charge in [-0.05, 0) is 54.1 Å². The number of carbonyl (C=O) groups is 1. The Labute approximate surface area is 195 Å². The van der Waals surface area contributed by atoms with Crippen molar-refractivity contribution in [2.45, 2.75) is 0 Å². The third kappa shape index (κ3) is 4.27. The minimum absolute atomic E-state index is 0.290. The molecule has 0 radical (unpaired) electrons.